The molecule has 1 aliphatic heterocycles. The van der Waals surface area contributed by atoms with Crippen LogP contribution in [0.25, 0.3) is 0 Å². The van der Waals surface area contributed by atoms with E-state index < -0.39 is 6.10 Å². The molecular formula is C14H21N3O2. The summed E-state index contributed by atoms with van der Waals surface area (Å²) >= 11 is 0. The molecule has 1 aromatic heterocycles. The summed E-state index contributed by atoms with van der Waals surface area (Å²) in [6.07, 6.45) is 8.29. The van der Waals surface area contributed by atoms with Crippen LogP contribution in [0.2, 0.25) is 0 Å². The minimum atomic E-state index is -0.482. The molecule has 5 heteroatoms. The first-order chi connectivity index (χ1) is 9.34. The third-order valence-electron chi connectivity index (χ3n) is 3.15. The summed E-state index contributed by atoms with van der Waals surface area (Å²) in [6.45, 7) is 3.06. The van der Waals surface area contributed by atoms with Crippen LogP contribution >= 0.6 is 0 Å². The zero-order chi connectivity index (χ0) is 13.3. The topological polar surface area (TPSA) is 58.0 Å². The number of aromatic nitrogens is 1. The number of aliphatic hydroxyl groups excluding tert-OH is 1. The lowest BCUT2D eigenvalue weighted by Crippen LogP contribution is -2.37. The molecule has 2 rings (SSSR count). The van der Waals surface area contributed by atoms with E-state index in [1.165, 1.54) is 19.3 Å². The molecule has 2 heterocycles. The second-order valence-corrected chi connectivity index (χ2v) is 4.83. The van der Waals surface area contributed by atoms with Crippen molar-refractivity contribution >= 4 is 6.21 Å². The van der Waals surface area contributed by atoms with E-state index >= 15 is 0 Å². The van der Waals surface area contributed by atoms with E-state index in [9.17, 15) is 5.11 Å². The molecule has 0 radical (unpaired) electrons. The van der Waals surface area contributed by atoms with Gasteiger partial charge in [0.05, 0.1) is 6.21 Å². The molecule has 0 saturated carbocycles. The highest BCUT2D eigenvalue weighted by Crippen LogP contribution is 2.08. The molecule has 1 aromatic rings. The molecule has 0 unspecified atom stereocenters. The molecule has 0 spiro atoms. The Kier molecular flexibility index (Phi) is 5.78. The Hall–Kier alpha value is -1.46. The van der Waals surface area contributed by atoms with Crippen LogP contribution in [0.1, 0.15) is 24.8 Å². The minimum absolute atomic E-state index is 0.229. The average molecular weight is 263 g/mol. The number of likely N-dealkylation sites (tertiary alicyclic amines) is 1. The molecule has 1 atom stereocenters. The maximum atomic E-state index is 9.85. The Morgan fingerprint density at radius 1 is 1.42 bits per heavy atom. The molecule has 1 fully saturated rings. The smallest absolute Gasteiger partial charge is 0.144 e. The van der Waals surface area contributed by atoms with Crippen LogP contribution in [0.3, 0.4) is 0 Å². The van der Waals surface area contributed by atoms with Crippen molar-refractivity contribution in [2.24, 2.45) is 5.16 Å². The standard InChI is InChI=1S/C14H21N3O2/c18-14(11-17-7-2-1-3-8-17)12-19-16-10-13-5-4-6-15-9-13/h4-6,9-10,14,18H,1-3,7-8,11-12H2/t14-/m1/s1. The Morgan fingerprint density at radius 2 is 2.26 bits per heavy atom. The van der Waals surface area contributed by atoms with Gasteiger partial charge in [-0.1, -0.05) is 17.6 Å². The Labute approximate surface area is 113 Å². The minimum Gasteiger partial charge on any atom is -0.393 e. The summed E-state index contributed by atoms with van der Waals surface area (Å²) in [6, 6.07) is 3.73. The third kappa shape index (κ3) is 5.36. The molecule has 0 bridgehead atoms. The molecule has 1 saturated heterocycles. The lowest BCUT2D eigenvalue weighted by Gasteiger charge is -2.27. The van der Waals surface area contributed by atoms with Crippen molar-refractivity contribution in [1.82, 2.24) is 9.88 Å². The van der Waals surface area contributed by atoms with Crippen molar-refractivity contribution in [3.05, 3.63) is 30.1 Å². The van der Waals surface area contributed by atoms with Gasteiger partial charge in [0.2, 0.25) is 0 Å². The van der Waals surface area contributed by atoms with Crippen LogP contribution in [0.4, 0.5) is 0 Å². The van der Waals surface area contributed by atoms with Crippen LogP contribution in [0.15, 0.2) is 29.7 Å². The first-order valence-corrected chi connectivity index (χ1v) is 6.80. The predicted molar refractivity (Wildman–Crippen MR) is 74.1 cm³/mol. The van der Waals surface area contributed by atoms with Crippen LogP contribution in [0.5, 0.6) is 0 Å². The normalized spacial score (nSPS) is 18.6. The number of oxime groups is 1. The van der Waals surface area contributed by atoms with Gasteiger partial charge in [0, 0.05) is 24.5 Å². The number of pyridine rings is 1. The second-order valence-electron chi connectivity index (χ2n) is 4.83. The van der Waals surface area contributed by atoms with Crippen LogP contribution < -0.4 is 0 Å². The lowest BCUT2D eigenvalue weighted by molar-refractivity contribution is 0.0163. The van der Waals surface area contributed by atoms with E-state index in [0.717, 1.165) is 18.7 Å². The third-order valence-corrected chi connectivity index (χ3v) is 3.15. The number of β-amino-alcohol motifs (C(OH)–C–C–N with tert-alkyl or cyclic N) is 1. The van der Waals surface area contributed by atoms with E-state index in [1.54, 1.807) is 18.6 Å². The van der Waals surface area contributed by atoms with Crippen molar-refractivity contribution in [1.29, 1.82) is 0 Å². The number of piperidine rings is 1. The molecule has 104 valence electrons. The van der Waals surface area contributed by atoms with Gasteiger partial charge in [0.15, 0.2) is 0 Å². The van der Waals surface area contributed by atoms with Gasteiger partial charge in [-0.05, 0) is 32.0 Å². The monoisotopic (exact) mass is 263 g/mol. The van der Waals surface area contributed by atoms with E-state index in [-0.39, 0.29) is 6.61 Å². The predicted octanol–water partition coefficient (Wildman–Crippen LogP) is 1.28. The van der Waals surface area contributed by atoms with E-state index in [1.807, 2.05) is 12.1 Å². The lowest BCUT2D eigenvalue weighted by atomic mass is 10.1. The zero-order valence-corrected chi connectivity index (χ0v) is 11.1. The van der Waals surface area contributed by atoms with Crippen molar-refractivity contribution in [2.75, 3.05) is 26.2 Å². The van der Waals surface area contributed by atoms with Gasteiger partial charge in [0.25, 0.3) is 0 Å². The number of aliphatic hydroxyl groups is 1. The number of hydrogen-bond acceptors (Lipinski definition) is 5. The molecule has 0 amide bonds. The molecule has 1 aliphatic rings. The number of rotatable bonds is 6. The van der Waals surface area contributed by atoms with Gasteiger partial charge in [-0.2, -0.15) is 0 Å². The molecule has 5 nitrogen and oxygen atoms in total. The SMILES string of the molecule is O[C@@H](CON=Cc1cccnc1)CN1CCCCC1. The quantitative estimate of drug-likeness (QED) is 0.620. The summed E-state index contributed by atoms with van der Waals surface area (Å²) in [4.78, 5) is 11.4. The summed E-state index contributed by atoms with van der Waals surface area (Å²) in [5, 5.41) is 13.7. The number of hydrogen-bond donors (Lipinski definition) is 1. The van der Waals surface area contributed by atoms with E-state index in [0.29, 0.717) is 6.54 Å². The fourth-order valence-electron chi connectivity index (χ4n) is 2.17. The highest BCUT2D eigenvalue weighted by molar-refractivity contribution is 5.78. The van der Waals surface area contributed by atoms with Gasteiger partial charge >= 0.3 is 0 Å². The summed E-state index contributed by atoms with van der Waals surface area (Å²) in [5.41, 5.74) is 0.882. The van der Waals surface area contributed by atoms with Gasteiger partial charge in [0.1, 0.15) is 12.7 Å². The van der Waals surface area contributed by atoms with Crippen molar-refractivity contribution in [3.63, 3.8) is 0 Å². The largest absolute Gasteiger partial charge is 0.393 e. The first-order valence-electron chi connectivity index (χ1n) is 6.80. The molecule has 19 heavy (non-hydrogen) atoms. The van der Waals surface area contributed by atoms with E-state index in [2.05, 4.69) is 15.0 Å². The van der Waals surface area contributed by atoms with Gasteiger partial charge < -0.3 is 14.8 Å². The average Bonchev–Trinajstić information content (AvgIpc) is 2.46. The molecular weight excluding hydrogens is 242 g/mol. The van der Waals surface area contributed by atoms with Gasteiger partial charge in [-0.3, -0.25) is 4.98 Å². The summed E-state index contributed by atoms with van der Waals surface area (Å²) in [7, 11) is 0. The Bertz CT molecular complexity index is 378. The summed E-state index contributed by atoms with van der Waals surface area (Å²) in [5.74, 6) is 0. The number of nitrogens with zero attached hydrogens (tertiary/aromatic N) is 3. The maximum absolute atomic E-state index is 9.85. The van der Waals surface area contributed by atoms with Crippen molar-refractivity contribution < 1.29 is 9.94 Å². The highest BCUT2D eigenvalue weighted by atomic mass is 16.6. The first kappa shape index (κ1) is 14.0. The van der Waals surface area contributed by atoms with Crippen molar-refractivity contribution in [3.8, 4) is 0 Å². The van der Waals surface area contributed by atoms with Crippen LogP contribution in [0, 0.1) is 0 Å². The van der Waals surface area contributed by atoms with Crippen molar-refractivity contribution in [2.45, 2.75) is 25.4 Å². The van der Waals surface area contributed by atoms with Crippen LogP contribution in [-0.2, 0) is 4.84 Å². The maximum Gasteiger partial charge on any atom is 0.144 e. The molecule has 1 N–H and O–H groups in total. The zero-order valence-electron chi connectivity index (χ0n) is 11.1. The van der Waals surface area contributed by atoms with Crippen LogP contribution in [-0.4, -0.2) is 53.6 Å². The Morgan fingerprint density at radius 3 is 3.00 bits per heavy atom. The summed E-state index contributed by atoms with van der Waals surface area (Å²) < 4.78 is 0. The second kappa shape index (κ2) is 7.86. The molecule has 0 aliphatic carbocycles. The Balaban J connectivity index is 1.63. The molecule has 0 aromatic carbocycles. The highest BCUT2D eigenvalue weighted by Gasteiger charge is 2.14. The van der Waals surface area contributed by atoms with E-state index in [4.69, 9.17) is 4.84 Å². The fourth-order valence-corrected chi connectivity index (χ4v) is 2.17. The van der Waals surface area contributed by atoms with Gasteiger partial charge in [-0.25, -0.2) is 0 Å². The van der Waals surface area contributed by atoms with Gasteiger partial charge in [-0.15, -0.1) is 0 Å². The fraction of sp³-hybridized carbons (Fsp3) is 0.571.